The number of hydrogen-bond donors (Lipinski definition) is 1. The summed E-state index contributed by atoms with van der Waals surface area (Å²) < 4.78 is 29.2. The lowest BCUT2D eigenvalue weighted by molar-refractivity contribution is 0.335. The van der Waals surface area contributed by atoms with Crippen molar-refractivity contribution in [1.29, 1.82) is 0 Å². The number of aromatic nitrogens is 2. The molecule has 1 saturated heterocycles. The SMILES string of the molecule is CCN(CC)S(=O)(=O)N1CCC[C@H]1c1cc(Nc2nc(C)cs2)cc(C)n1. The lowest BCUT2D eigenvalue weighted by Gasteiger charge is -2.29. The molecule has 0 bridgehead atoms. The van der Waals surface area contributed by atoms with Crippen molar-refractivity contribution in [2.75, 3.05) is 25.0 Å². The second kappa shape index (κ2) is 8.22. The normalized spacial score (nSPS) is 18.3. The Morgan fingerprint density at radius 1 is 1.22 bits per heavy atom. The van der Waals surface area contributed by atoms with Crippen molar-refractivity contribution in [2.24, 2.45) is 0 Å². The smallest absolute Gasteiger partial charge is 0.282 e. The van der Waals surface area contributed by atoms with Gasteiger partial charge in [-0.05, 0) is 38.8 Å². The van der Waals surface area contributed by atoms with E-state index in [1.165, 1.54) is 4.31 Å². The van der Waals surface area contributed by atoms with Crippen LogP contribution in [0.5, 0.6) is 0 Å². The number of nitrogens with zero attached hydrogens (tertiary/aromatic N) is 4. The van der Waals surface area contributed by atoms with Gasteiger partial charge in [-0.25, -0.2) is 4.98 Å². The number of anilines is 2. The zero-order valence-electron chi connectivity index (χ0n) is 16.3. The second-order valence-corrected chi connectivity index (χ2v) is 9.44. The fourth-order valence-corrected chi connectivity index (χ4v) is 6.03. The number of nitrogens with one attached hydrogen (secondary N) is 1. The summed E-state index contributed by atoms with van der Waals surface area (Å²) >= 11 is 1.55. The first-order chi connectivity index (χ1) is 12.8. The first kappa shape index (κ1) is 20.2. The van der Waals surface area contributed by atoms with Gasteiger partial charge in [0.05, 0.1) is 17.4 Å². The number of aryl methyl sites for hydroxylation is 2. The number of thiazole rings is 1. The summed E-state index contributed by atoms with van der Waals surface area (Å²) in [5, 5.41) is 6.13. The van der Waals surface area contributed by atoms with E-state index in [0.29, 0.717) is 19.6 Å². The van der Waals surface area contributed by atoms with Crippen LogP contribution >= 0.6 is 11.3 Å². The highest BCUT2D eigenvalue weighted by molar-refractivity contribution is 7.86. The van der Waals surface area contributed by atoms with E-state index in [2.05, 4.69) is 15.3 Å². The molecule has 1 N–H and O–H groups in total. The van der Waals surface area contributed by atoms with Crippen molar-refractivity contribution in [1.82, 2.24) is 18.6 Å². The van der Waals surface area contributed by atoms with E-state index >= 15 is 0 Å². The molecule has 9 heteroatoms. The molecule has 0 aromatic carbocycles. The zero-order chi connectivity index (χ0) is 19.6. The Balaban J connectivity index is 1.90. The maximum Gasteiger partial charge on any atom is 0.282 e. The fourth-order valence-electron chi connectivity index (χ4n) is 3.48. The van der Waals surface area contributed by atoms with Gasteiger partial charge in [0.25, 0.3) is 10.2 Å². The van der Waals surface area contributed by atoms with Gasteiger partial charge in [-0.15, -0.1) is 11.3 Å². The molecule has 1 fully saturated rings. The van der Waals surface area contributed by atoms with E-state index in [1.54, 1.807) is 15.6 Å². The van der Waals surface area contributed by atoms with E-state index in [9.17, 15) is 8.42 Å². The molecule has 0 spiro atoms. The third-order valence-corrected chi connectivity index (χ3v) is 7.79. The van der Waals surface area contributed by atoms with E-state index in [0.717, 1.165) is 40.7 Å². The third kappa shape index (κ3) is 4.31. The molecule has 148 valence electrons. The minimum atomic E-state index is -3.48. The van der Waals surface area contributed by atoms with Gasteiger partial charge in [0.2, 0.25) is 0 Å². The van der Waals surface area contributed by atoms with Crippen molar-refractivity contribution in [3.63, 3.8) is 0 Å². The van der Waals surface area contributed by atoms with Crippen LogP contribution in [0.3, 0.4) is 0 Å². The van der Waals surface area contributed by atoms with Crippen LogP contribution in [0.15, 0.2) is 17.5 Å². The quantitative estimate of drug-likeness (QED) is 0.756. The van der Waals surface area contributed by atoms with Crippen LogP contribution < -0.4 is 5.32 Å². The predicted octanol–water partition coefficient (Wildman–Crippen LogP) is 3.62. The monoisotopic (exact) mass is 409 g/mol. The molecule has 27 heavy (non-hydrogen) atoms. The molecule has 0 radical (unpaired) electrons. The standard InChI is InChI=1S/C18H27N5O2S2/c1-5-22(6-2)27(24,25)23-9-7-8-17(23)16-11-15(10-13(3)19-16)21-18-20-14(4)12-26-18/h10-12,17H,5-9H2,1-4H3,(H,19,20,21)/t17-/m0/s1. The van der Waals surface area contributed by atoms with Crippen LogP contribution in [0.25, 0.3) is 0 Å². The molecule has 0 unspecified atom stereocenters. The van der Waals surface area contributed by atoms with Crippen molar-refractivity contribution in [3.8, 4) is 0 Å². The zero-order valence-corrected chi connectivity index (χ0v) is 17.9. The molecule has 7 nitrogen and oxygen atoms in total. The number of hydrogen-bond acceptors (Lipinski definition) is 6. The molecule has 0 amide bonds. The first-order valence-electron chi connectivity index (χ1n) is 9.29. The first-order valence-corrected chi connectivity index (χ1v) is 11.6. The number of rotatable bonds is 7. The Hall–Kier alpha value is -1.55. The van der Waals surface area contributed by atoms with Gasteiger partial charge < -0.3 is 5.32 Å². The van der Waals surface area contributed by atoms with Gasteiger partial charge in [-0.2, -0.15) is 17.0 Å². The van der Waals surface area contributed by atoms with Gasteiger partial charge in [-0.3, -0.25) is 4.98 Å². The predicted molar refractivity (Wildman–Crippen MR) is 110 cm³/mol. The molecule has 3 rings (SSSR count). The molecular weight excluding hydrogens is 382 g/mol. The molecule has 1 aliphatic heterocycles. The summed E-state index contributed by atoms with van der Waals surface area (Å²) in [6.07, 6.45) is 1.63. The maximum atomic E-state index is 13.0. The highest BCUT2D eigenvalue weighted by atomic mass is 32.2. The Bertz CT molecular complexity index is 893. The van der Waals surface area contributed by atoms with Gasteiger partial charge >= 0.3 is 0 Å². The Morgan fingerprint density at radius 3 is 2.59 bits per heavy atom. The van der Waals surface area contributed by atoms with Crippen molar-refractivity contribution < 1.29 is 8.42 Å². The van der Waals surface area contributed by atoms with Crippen LogP contribution in [0.2, 0.25) is 0 Å². The van der Waals surface area contributed by atoms with E-state index in [-0.39, 0.29) is 6.04 Å². The third-order valence-electron chi connectivity index (χ3n) is 4.72. The summed E-state index contributed by atoms with van der Waals surface area (Å²) in [6.45, 7) is 9.11. The van der Waals surface area contributed by atoms with Crippen LogP contribution in [0, 0.1) is 13.8 Å². The molecular formula is C18H27N5O2S2. The fraction of sp³-hybridized carbons (Fsp3) is 0.556. The molecule has 1 aliphatic rings. The average molecular weight is 410 g/mol. The van der Waals surface area contributed by atoms with Crippen LogP contribution in [0.1, 0.15) is 49.8 Å². The Labute approximate surface area is 165 Å². The molecule has 1 atom stereocenters. The highest BCUT2D eigenvalue weighted by Crippen LogP contribution is 2.36. The molecule has 0 saturated carbocycles. The second-order valence-electron chi connectivity index (χ2n) is 6.70. The van der Waals surface area contributed by atoms with Crippen LogP contribution in [-0.2, 0) is 10.2 Å². The Morgan fingerprint density at radius 2 is 1.96 bits per heavy atom. The summed E-state index contributed by atoms with van der Waals surface area (Å²) in [5.41, 5.74) is 3.51. The Kier molecular flexibility index (Phi) is 6.15. The van der Waals surface area contributed by atoms with Gasteiger partial charge in [-0.1, -0.05) is 13.8 Å². The molecule has 2 aromatic rings. The lowest BCUT2D eigenvalue weighted by Crippen LogP contribution is -2.43. The molecule has 3 heterocycles. The van der Waals surface area contributed by atoms with Gasteiger partial charge in [0, 0.05) is 36.4 Å². The highest BCUT2D eigenvalue weighted by Gasteiger charge is 2.38. The minimum Gasteiger partial charge on any atom is -0.331 e. The minimum absolute atomic E-state index is 0.228. The van der Waals surface area contributed by atoms with E-state index in [4.69, 9.17) is 0 Å². The summed E-state index contributed by atoms with van der Waals surface area (Å²) in [4.78, 5) is 9.09. The number of pyridine rings is 1. The van der Waals surface area contributed by atoms with Crippen molar-refractivity contribution in [2.45, 2.75) is 46.6 Å². The topological polar surface area (TPSA) is 78.4 Å². The summed E-state index contributed by atoms with van der Waals surface area (Å²) in [5.74, 6) is 0. The van der Waals surface area contributed by atoms with Crippen molar-refractivity contribution in [3.05, 3.63) is 34.6 Å². The summed E-state index contributed by atoms with van der Waals surface area (Å²) in [7, 11) is -3.48. The largest absolute Gasteiger partial charge is 0.331 e. The summed E-state index contributed by atoms with van der Waals surface area (Å²) in [6, 6.07) is 3.68. The van der Waals surface area contributed by atoms with Crippen LogP contribution in [0.4, 0.5) is 10.8 Å². The van der Waals surface area contributed by atoms with E-state index < -0.39 is 10.2 Å². The van der Waals surface area contributed by atoms with Crippen LogP contribution in [-0.4, -0.2) is 46.6 Å². The van der Waals surface area contributed by atoms with Crippen molar-refractivity contribution >= 4 is 32.4 Å². The average Bonchev–Trinajstić information content (AvgIpc) is 3.24. The molecule has 2 aromatic heterocycles. The van der Waals surface area contributed by atoms with Gasteiger partial charge in [0.1, 0.15) is 0 Å². The lowest BCUT2D eigenvalue weighted by atomic mass is 10.1. The maximum absolute atomic E-state index is 13.0. The van der Waals surface area contributed by atoms with E-state index in [1.807, 2.05) is 45.2 Å². The molecule has 0 aliphatic carbocycles. The van der Waals surface area contributed by atoms with Gasteiger partial charge in [0.15, 0.2) is 5.13 Å².